The van der Waals surface area contributed by atoms with Gasteiger partial charge < -0.3 is 14.2 Å². The molecule has 2 fully saturated rings. The van der Waals surface area contributed by atoms with Crippen molar-refractivity contribution in [3.63, 3.8) is 0 Å². The first kappa shape index (κ1) is 22.3. The Bertz CT molecular complexity index is 904. The van der Waals surface area contributed by atoms with E-state index >= 15 is 0 Å². The van der Waals surface area contributed by atoms with Crippen LogP contribution < -0.4 is 9.47 Å². The summed E-state index contributed by atoms with van der Waals surface area (Å²) in [5, 5.41) is 0. The van der Waals surface area contributed by atoms with Crippen LogP contribution in [0.4, 0.5) is 0 Å². The molecule has 1 unspecified atom stereocenters. The van der Waals surface area contributed by atoms with Gasteiger partial charge in [-0.2, -0.15) is 8.61 Å². The quantitative estimate of drug-likeness (QED) is 0.611. The van der Waals surface area contributed by atoms with Crippen LogP contribution in [0.15, 0.2) is 23.1 Å². The summed E-state index contributed by atoms with van der Waals surface area (Å²) in [7, 11) is -4.34. The van der Waals surface area contributed by atoms with E-state index in [0.717, 1.165) is 19.3 Å². The highest BCUT2D eigenvalue weighted by atomic mass is 32.2. The van der Waals surface area contributed by atoms with Crippen LogP contribution in [0.25, 0.3) is 0 Å². The highest BCUT2D eigenvalue weighted by Crippen LogP contribution is 2.31. The molecule has 0 spiro atoms. The Morgan fingerprint density at radius 1 is 0.966 bits per heavy atom. The summed E-state index contributed by atoms with van der Waals surface area (Å²) < 4.78 is 69.8. The van der Waals surface area contributed by atoms with Gasteiger partial charge in [-0.3, -0.25) is 0 Å². The largest absolute Gasteiger partial charge is 0.493 e. The van der Waals surface area contributed by atoms with Gasteiger partial charge in [-0.1, -0.05) is 0 Å². The van der Waals surface area contributed by atoms with Gasteiger partial charge in [0.15, 0.2) is 11.5 Å². The number of benzene rings is 1. The molecule has 3 rings (SSSR count). The van der Waals surface area contributed by atoms with Crippen LogP contribution in [0.5, 0.6) is 11.5 Å². The number of ether oxygens (including phenoxy) is 3. The van der Waals surface area contributed by atoms with E-state index in [0.29, 0.717) is 18.1 Å². The first-order valence-corrected chi connectivity index (χ1v) is 12.6. The predicted molar refractivity (Wildman–Crippen MR) is 107 cm³/mol. The number of nitrogens with zero attached hydrogens (tertiary/aromatic N) is 2. The molecule has 2 aliphatic rings. The Labute approximate surface area is 172 Å². The number of sulfonamides is 2. The Kier molecular flexibility index (Phi) is 7.05. The topological polar surface area (TPSA) is 102 Å². The first-order valence-electron chi connectivity index (χ1n) is 9.59. The lowest BCUT2D eigenvalue weighted by Gasteiger charge is -2.34. The first-order chi connectivity index (χ1) is 13.8. The number of hydrogen-bond acceptors (Lipinski definition) is 7. The van der Waals surface area contributed by atoms with Crippen LogP contribution in [0, 0.1) is 0 Å². The van der Waals surface area contributed by atoms with E-state index in [-0.39, 0.29) is 42.9 Å². The molecule has 0 aromatic heterocycles. The van der Waals surface area contributed by atoms with Crippen molar-refractivity contribution in [1.82, 2.24) is 8.61 Å². The summed E-state index contributed by atoms with van der Waals surface area (Å²) in [5.74, 6) is 0.713. The molecule has 29 heavy (non-hydrogen) atoms. The minimum absolute atomic E-state index is 0.0462. The van der Waals surface area contributed by atoms with Crippen LogP contribution >= 0.6 is 0 Å². The molecule has 0 saturated carbocycles. The zero-order valence-electron chi connectivity index (χ0n) is 16.7. The van der Waals surface area contributed by atoms with E-state index in [1.165, 1.54) is 41.0 Å². The van der Waals surface area contributed by atoms with Crippen molar-refractivity contribution in [3.05, 3.63) is 18.2 Å². The standard InChI is InChI=1S/C18H28N2O7S2/c1-25-17-7-6-16(13-18(17)26-2)29(23,24)20-10-8-19(9-11-20)28(21,22)14-15-5-3-4-12-27-15/h6-7,13,15H,3-5,8-12,14H2,1-2H3. The molecule has 0 aliphatic carbocycles. The average Bonchev–Trinajstić information content (AvgIpc) is 2.73. The van der Waals surface area contributed by atoms with E-state index in [4.69, 9.17) is 14.2 Å². The second-order valence-electron chi connectivity index (χ2n) is 7.09. The smallest absolute Gasteiger partial charge is 0.243 e. The molecule has 1 aromatic rings. The summed E-state index contributed by atoms with van der Waals surface area (Å²) in [4.78, 5) is 0.0852. The number of piperazine rings is 1. The molecule has 1 aromatic carbocycles. The summed E-state index contributed by atoms with van der Waals surface area (Å²) >= 11 is 0. The van der Waals surface area contributed by atoms with Crippen molar-refractivity contribution in [2.45, 2.75) is 30.3 Å². The lowest BCUT2D eigenvalue weighted by atomic mass is 10.1. The molecule has 9 nitrogen and oxygen atoms in total. The highest BCUT2D eigenvalue weighted by Gasteiger charge is 2.35. The van der Waals surface area contributed by atoms with Crippen molar-refractivity contribution >= 4 is 20.0 Å². The summed E-state index contributed by atoms with van der Waals surface area (Å²) in [6.45, 7) is 1.05. The summed E-state index contributed by atoms with van der Waals surface area (Å²) in [6, 6.07) is 4.41. The normalized spacial score (nSPS) is 22.3. The highest BCUT2D eigenvalue weighted by molar-refractivity contribution is 7.89. The number of hydrogen-bond donors (Lipinski definition) is 0. The molecule has 2 aliphatic heterocycles. The van der Waals surface area contributed by atoms with Crippen LogP contribution in [0.1, 0.15) is 19.3 Å². The molecule has 2 saturated heterocycles. The number of rotatable bonds is 7. The van der Waals surface area contributed by atoms with Gasteiger partial charge in [-0.25, -0.2) is 16.8 Å². The van der Waals surface area contributed by atoms with Gasteiger partial charge in [-0.05, 0) is 31.4 Å². The predicted octanol–water partition coefficient (Wildman–Crippen LogP) is 0.909. The SMILES string of the molecule is COc1ccc(S(=O)(=O)N2CCN(S(=O)(=O)CC3CCCCO3)CC2)cc1OC. The second kappa shape index (κ2) is 9.17. The molecular weight excluding hydrogens is 420 g/mol. The molecule has 0 radical (unpaired) electrons. The van der Waals surface area contributed by atoms with Crippen LogP contribution in [-0.4, -0.2) is 84.3 Å². The molecule has 0 N–H and O–H groups in total. The molecular formula is C18H28N2O7S2. The maximum Gasteiger partial charge on any atom is 0.243 e. The van der Waals surface area contributed by atoms with E-state index in [1.54, 1.807) is 0 Å². The Hall–Kier alpha value is -1.40. The van der Waals surface area contributed by atoms with Gasteiger partial charge in [0.25, 0.3) is 0 Å². The fraction of sp³-hybridized carbons (Fsp3) is 0.667. The minimum Gasteiger partial charge on any atom is -0.493 e. The zero-order valence-corrected chi connectivity index (χ0v) is 18.4. The van der Waals surface area contributed by atoms with E-state index in [9.17, 15) is 16.8 Å². The van der Waals surface area contributed by atoms with Crippen molar-refractivity contribution in [1.29, 1.82) is 0 Å². The molecule has 1 atom stereocenters. The Balaban J connectivity index is 1.66. The third-order valence-corrected chi connectivity index (χ3v) is 9.09. The van der Waals surface area contributed by atoms with E-state index in [2.05, 4.69) is 0 Å². The fourth-order valence-electron chi connectivity index (χ4n) is 3.59. The van der Waals surface area contributed by atoms with E-state index in [1.807, 2.05) is 0 Å². The van der Waals surface area contributed by atoms with Crippen molar-refractivity contribution in [2.75, 3.05) is 52.8 Å². The second-order valence-corrected chi connectivity index (χ2v) is 11.0. The maximum absolute atomic E-state index is 13.0. The minimum atomic E-state index is -3.76. The van der Waals surface area contributed by atoms with Crippen LogP contribution in [-0.2, 0) is 24.8 Å². The summed E-state index contributed by atoms with van der Waals surface area (Å²) in [6.07, 6.45) is 2.40. The monoisotopic (exact) mass is 448 g/mol. The Morgan fingerprint density at radius 3 is 2.21 bits per heavy atom. The van der Waals surface area contributed by atoms with E-state index < -0.39 is 20.0 Å². The van der Waals surface area contributed by atoms with Crippen molar-refractivity contribution in [3.8, 4) is 11.5 Å². The fourth-order valence-corrected chi connectivity index (χ4v) is 6.69. The van der Waals surface area contributed by atoms with Gasteiger partial charge in [0.1, 0.15) is 0 Å². The van der Waals surface area contributed by atoms with Crippen molar-refractivity contribution in [2.24, 2.45) is 0 Å². The van der Waals surface area contributed by atoms with Crippen LogP contribution in [0.3, 0.4) is 0 Å². The lowest BCUT2D eigenvalue weighted by molar-refractivity contribution is 0.0297. The van der Waals surface area contributed by atoms with Gasteiger partial charge in [0.05, 0.1) is 31.0 Å². The molecule has 164 valence electrons. The van der Waals surface area contributed by atoms with Gasteiger partial charge >= 0.3 is 0 Å². The average molecular weight is 449 g/mol. The lowest BCUT2D eigenvalue weighted by Crippen LogP contribution is -2.51. The van der Waals surface area contributed by atoms with Gasteiger partial charge in [0.2, 0.25) is 20.0 Å². The molecule has 0 amide bonds. The maximum atomic E-state index is 13.0. The third-order valence-electron chi connectivity index (χ3n) is 5.25. The van der Waals surface area contributed by atoms with Gasteiger partial charge in [0, 0.05) is 38.9 Å². The molecule has 0 bridgehead atoms. The van der Waals surface area contributed by atoms with Crippen molar-refractivity contribution < 1.29 is 31.0 Å². The molecule has 11 heteroatoms. The summed E-state index contributed by atoms with van der Waals surface area (Å²) in [5.41, 5.74) is 0. The van der Waals surface area contributed by atoms with Crippen LogP contribution in [0.2, 0.25) is 0 Å². The third kappa shape index (κ3) is 5.02. The Morgan fingerprint density at radius 2 is 1.62 bits per heavy atom. The molecule has 2 heterocycles. The zero-order chi connectivity index (χ0) is 21.1. The van der Waals surface area contributed by atoms with Gasteiger partial charge in [-0.15, -0.1) is 0 Å². The number of methoxy groups -OCH3 is 2.